The maximum atomic E-state index is 13.0. The topological polar surface area (TPSA) is 78.9 Å². The van der Waals surface area contributed by atoms with Crippen LogP contribution in [0.1, 0.15) is 91.9 Å². The number of rotatable bonds is 5. The molecule has 0 spiro atoms. The van der Waals surface area contributed by atoms with Gasteiger partial charge in [0.1, 0.15) is 12.2 Å². The molecule has 4 fully saturated rings. The quantitative estimate of drug-likeness (QED) is 0.419. The maximum absolute atomic E-state index is 13.0. The third-order valence-electron chi connectivity index (χ3n) is 10.3. The highest BCUT2D eigenvalue weighted by atomic mass is 16.6. The molecule has 0 radical (unpaired) electrons. The van der Waals surface area contributed by atoms with Gasteiger partial charge in [0, 0.05) is 31.6 Å². The van der Waals surface area contributed by atoms with Gasteiger partial charge in [0.25, 0.3) is 0 Å². The fraction of sp³-hybridized carbons (Fsp3) is 0.889. The van der Waals surface area contributed by atoms with Crippen LogP contribution in [-0.4, -0.2) is 37.2 Å². The molecule has 0 aromatic carbocycles. The van der Waals surface area contributed by atoms with Gasteiger partial charge in [-0.05, 0) is 80.0 Å². The van der Waals surface area contributed by atoms with Crippen LogP contribution in [0.25, 0.3) is 0 Å². The van der Waals surface area contributed by atoms with Crippen molar-refractivity contribution >= 4 is 17.9 Å². The van der Waals surface area contributed by atoms with E-state index in [4.69, 9.17) is 14.2 Å². The van der Waals surface area contributed by atoms with Gasteiger partial charge in [-0.1, -0.05) is 20.8 Å². The molecular weight excluding hydrogens is 420 g/mol. The molecule has 4 aliphatic rings. The Hall–Kier alpha value is -1.59. The van der Waals surface area contributed by atoms with Crippen molar-refractivity contribution in [3.63, 3.8) is 0 Å². The standard InChI is InChI=1S/C27H42O6/c1-16(6-9-24(29)31-5)20-7-8-21-19-15-25(30)33-23-14-18(32-17(2)28)10-12-27(23,4)22(19)11-13-26(20,21)3/h16,18-23H,6-15H2,1-5H3/t16-,18-,19+,20-,21+,22+,23+,26-,27-/m1/s1. The Bertz CT molecular complexity index is 779. The summed E-state index contributed by atoms with van der Waals surface area (Å²) < 4.78 is 16.4. The van der Waals surface area contributed by atoms with Crippen molar-refractivity contribution in [2.45, 2.75) is 104 Å². The lowest BCUT2D eigenvalue weighted by molar-refractivity contribution is -0.169. The molecule has 3 saturated carbocycles. The first-order chi connectivity index (χ1) is 15.6. The minimum absolute atomic E-state index is 0.0522. The van der Waals surface area contributed by atoms with E-state index >= 15 is 0 Å². The van der Waals surface area contributed by atoms with Gasteiger partial charge in [-0.25, -0.2) is 0 Å². The van der Waals surface area contributed by atoms with Gasteiger partial charge in [0.2, 0.25) is 0 Å². The van der Waals surface area contributed by atoms with Gasteiger partial charge in [-0.15, -0.1) is 0 Å². The van der Waals surface area contributed by atoms with E-state index in [0.29, 0.717) is 48.9 Å². The van der Waals surface area contributed by atoms with E-state index < -0.39 is 0 Å². The Morgan fingerprint density at radius 3 is 2.48 bits per heavy atom. The lowest BCUT2D eigenvalue weighted by Crippen LogP contribution is -2.52. The molecule has 3 aliphatic carbocycles. The predicted molar refractivity (Wildman–Crippen MR) is 123 cm³/mol. The summed E-state index contributed by atoms with van der Waals surface area (Å²) in [4.78, 5) is 36.2. The monoisotopic (exact) mass is 462 g/mol. The Morgan fingerprint density at radius 2 is 1.79 bits per heavy atom. The number of carbonyl (C=O) groups is 3. The van der Waals surface area contributed by atoms with E-state index in [-0.39, 0.29) is 40.9 Å². The highest BCUT2D eigenvalue weighted by molar-refractivity contribution is 5.71. The van der Waals surface area contributed by atoms with Crippen molar-refractivity contribution in [1.29, 1.82) is 0 Å². The first kappa shape index (κ1) is 24.5. The fourth-order valence-electron chi connectivity index (χ4n) is 8.62. The van der Waals surface area contributed by atoms with Crippen LogP contribution in [0, 0.1) is 40.4 Å². The summed E-state index contributed by atoms with van der Waals surface area (Å²) in [5, 5.41) is 0. The summed E-state index contributed by atoms with van der Waals surface area (Å²) in [5.41, 5.74) is 0.158. The third kappa shape index (κ3) is 4.43. The van der Waals surface area contributed by atoms with E-state index in [9.17, 15) is 14.4 Å². The van der Waals surface area contributed by atoms with Crippen molar-refractivity contribution < 1.29 is 28.6 Å². The maximum Gasteiger partial charge on any atom is 0.306 e. The molecule has 0 bridgehead atoms. The van der Waals surface area contributed by atoms with Gasteiger partial charge >= 0.3 is 17.9 Å². The molecule has 1 aliphatic heterocycles. The second-order valence-electron chi connectivity index (χ2n) is 11.9. The van der Waals surface area contributed by atoms with Crippen LogP contribution in [0.5, 0.6) is 0 Å². The SMILES string of the molecule is COC(=O)CC[C@@H](C)[C@H]1CC[C@H]2[C@@H]3CC(=O)O[C@H]4C[C@H](OC(C)=O)CC[C@]4(C)[C@H]3CC[C@]12C. The minimum atomic E-state index is -0.256. The zero-order valence-electron chi connectivity index (χ0n) is 21.1. The first-order valence-electron chi connectivity index (χ1n) is 13.0. The summed E-state index contributed by atoms with van der Waals surface area (Å²) in [7, 11) is 1.46. The molecule has 1 saturated heterocycles. The van der Waals surface area contributed by atoms with Crippen LogP contribution in [0.3, 0.4) is 0 Å². The van der Waals surface area contributed by atoms with Crippen molar-refractivity contribution in [1.82, 2.24) is 0 Å². The van der Waals surface area contributed by atoms with Crippen molar-refractivity contribution in [3.8, 4) is 0 Å². The predicted octanol–water partition coefficient (Wildman–Crippen LogP) is 5.07. The fourth-order valence-corrected chi connectivity index (χ4v) is 8.62. The Kier molecular flexibility index (Phi) is 6.85. The number of esters is 3. The van der Waals surface area contributed by atoms with E-state index in [1.165, 1.54) is 26.9 Å². The minimum Gasteiger partial charge on any atom is -0.469 e. The average molecular weight is 463 g/mol. The second kappa shape index (κ2) is 9.22. The Morgan fingerprint density at radius 1 is 1.09 bits per heavy atom. The van der Waals surface area contributed by atoms with Crippen molar-refractivity contribution in [2.75, 3.05) is 7.11 Å². The molecule has 0 aromatic rings. The van der Waals surface area contributed by atoms with Crippen LogP contribution >= 0.6 is 0 Å². The molecule has 0 N–H and O–H groups in total. The zero-order valence-corrected chi connectivity index (χ0v) is 21.1. The molecule has 4 rings (SSSR count). The molecule has 0 amide bonds. The van der Waals surface area contributed by atoms with Crippen LogP contribution in [0.15, 0.2) is 0 Å². The van der Waals surface area contributed by atoms with Crippen LogP contribution in [0.4, 0.5) is 0 Å². The highest BCUT2D eigenvalue weighted by Gasteiger charge is 2.61. The van der Waals surface area contributed by atoms with Gasteiger partial charge in [0.15, 0.2) is 0 Å². The van der Waals surface area contributed by atoms with E-state index in [1.54, 1.807) is 0 Å². The molecule has 9 atom stereocenters. The first-order valence-corrected chi connectivity index (χ1v) is 13.0. The van der Waals surface area contributed by atoms with Gasteiger partial charge in [-0.2, -0.15) is 0 Å². The summed E-state index contributed by atoms with van der Waals surface area (Å²) in [6.45, 7) is 8.52. The molecule has 6 heteroatoms. The molecule has 186 valence electrons. The van der Waals surface area contributed by atoms with Gasteiger partial charge in [0.05, 0.1) is 7.11 Å². The smallest absolute Gasteiger partial charge is 0.306 e. The van der Waals surface area contributed by atoms with Crippen LogP contribution < -0.4 is 0 Å². The number of hydrogen-bond acceptors (Lipinski definition) is 6. The molecule has 0 unspecified atom stereocenters. The number of ether oxygens (including phenoxy) is 3. The largest absolute Gasteiger partial charge is 0.469 e. The van der Waals surface area contributed by atoms with E-state index in [1.807, 2.05) is 0 Å². The molecule has 33 heavy (non-hydrogen) atoms. The molecule has 0 aromatic heterocycles. The summed E-state index contributed by atoms with van der Waals surface area (Å²) in [6.07, 6.45) is 8.60. The third-order valence-corrected chi connectivity index (χ3v) is 10.3. The molecular formula is C27H42O6. The number of fused-ring (bicyclic) bond motifs is 5. The second-order valence-corrected chi connectivity index (χ2v) is 11.9. The average Bonchev–Trinajstić information content (AvgIpc) is 3.06. The summed E-state index contributed by atoms with van der Waals surface area (Å²) >= 11 is 0. The zero-order chi connectivity index (χ0) is 24.0. The number of methoxy groups -OCH3 is 1. The lowest BCUT2D eigenvalue weighted by atomic mass is 9.49. The van der Waals surface area contributed by atoms with Gasteiger partial charge < -0.3 is 14.2 Å². The van der Waals surface area contributed by atoms with Crippen LogP contribution in [0.2, 0.25) is 0 Å². The Balaban J connectivity index is 1.53. The summed E-state index contributed by atoms with van der Waals surface area (Å²) in [5.74, 6) is 1.94. The molecule has 1 heterocycles. The molecule has 6 nitrogen and oxygen atoms in total. The number of carbonyl (C=O) groups excluding carboxylic acids is 3. The Labute approximate surface area is 198 Å². The lowest BCUT2D eigenvalue weighted by Gasteiger charge is -2.55. The number of hydrogen-bond donors (Lipinski definition) is 0. The van der Waals surface area contributed by atoms with Crippen LogP contribution in [-0.2, 0) is 28.6 Å². The normalized spacial score (nSPS) is 43.2. The van der Waals surface area contributed by atoms with E-state index in [2.05, 4.69) is 20.8 Å². The highest BCUT2D eigenvalue weighted by Crippen LogP contribution is 2.66. The van der Waals surface area contributed by atoms with Gasteiger partial charge in [-0.3, -0.25) is 14.4 Å². The van der Waals surface area contributed by atoms with E-state index in [0.717, 1.165) is 32.1 Å². The summed E-state index contributed by atoms with van der Waals surface area (Å²) in [6, 6.07) is 0. The van der Waals surface area contributed by atoms with Crippen molar-refractivity contribution in [3.05, 3.63) is 0 Å². The van der Waals surface area contributed by atoms with Crippen molar-refractivity contribution in [2.24, 2.45) is 40.4 Å².